The molecule has 29 heavy (non-hydrogen) atoms. The number of ether oxygens (including phenoxy) is 1. The van der Waals surface area contributed by atoms with Crippen molar-refractivity contribution in [1.29, 1.82) is 0 Å². The summed E-state index contributed by atoms with van der Waals surface area (Å²) in [6.07, 6.45) is 3.56. The van der Waals surface area contributed by atoms with Crippen molar-refractivity contribution in [2.24, 2.45) is 0 Å². The Labute approximate surface area is 169 Å². The maximum atomic E-state index is 12.4. The maximum Gasteiger partial charge on any atom is 0.341 e. The van der Waals surface area contributed by atoms with E-state index in [0.717, 1.165) is 24.8 Å². The molecule has 1 unspecified atom stereocenters. The zero-order valence-electron chi connectivity index (χ0n) is 16.4. The van der Waals surface area contributed by atoms with Crippen LogP contribution in [0.2, 0.25) is 0 Å². The van der Waals surface area contributed by atoms with Gasteiger partial charge in [0.25, 0.3) is 0 Å². The molecule has 0 saturated carbocycles. The molecule has 0 bridgehead atoms. The van der Waals surface area contributed by atoms with Crippen LogP contribution in [0.15, 0.2) is 42.5 Å². The first kappa shape index (κ1) is 20.6. The van der Waals surface area contributed by atoms with E-state index in [2.05, 4.69) is 5.32 Å². The van der Waals surface area contributed by atoms with Gasteiger partial charge in [0.15, 0.2) is 12.4 Å². The lowest BCUT2D eigenvalue weighted by molar-refractivity contribution is -0.139. The first-order chi connectivity index (χ1) is 13.9. The monoisotopic (exact) mass is 395 g/mol. The molecule has 1 aliphatic carbocycles. The summed E-state index contributed by atoms with van der Waals surface area (Å²) in [7, 11) is 0. The van der Waals surface area contributed by atoms with Crippen LogP contribution in [-0.4, -0.2) is 29.4 Å². The van der Waals surface area contributed by atoms with Gasteiger partial charge >= 0.3 is 5.97 Å². The van der Waals surface area contributed by atoms with Gasteiger partial charge in [0.2, 0.25) is 5.91 Å². The van der Waals surface area contributed by atoms with Crippen LogP contribution < -0.4 is 10.1 Å². The number of carbonyl (C=O) groups excluding carboxylic acids is 2. The molecule has 0 aliphatic heterocycles. The number of ketones is 1. The topological polar surface area (TPSA) is 92.7 Å². The molecular formula is C23H25NO5. The van der Waals surface area contributed by atoms with Gasteiger partial charge in [0.05, 0.1) is 6.04 Å². The Balaban J connectivity index is 1.47. The van der Waals surface area contributed by atoms with Gasteiger partial charge in [0, 0.05) is 18.4 Å². The van der Waals surface area contributed by atoms with E-state index in [0.29, 0.717) is 11.3 Å². The van der Waals surface area contributed by atoms with E-state index in [4.69, 9.17) is 9.84 Å². The van der Waals surface area contributed by atoms with E-state index in [1.807, 2.05) is 25.1 Å². The predicted octanol–water partition coefficient (Wildman–Crippen LogP) is 3.48. The van der Waals surface area contributed by atoms with E-state index in [9.17, 15) is 14.4 Å². The fourth-order valence-corrected chi connectivity index (χ4v) is 3.51. The number of carboxylic acids is 1. The average molecular weight is 395 g/mol. The van der Waals surface area contributed by atoms with Crippen molar-refractivity contribution in [2.75, 3.05) is 6.61 Å². The summed E-state index contributed by atoms with van der Waals surface area (Å²) in [5.74, 6) is -0.778. The molecule has 1 atom stereocenters. The highest BCUT2D eigenvalue weighted by atomic mass is 16.5. The van der Waals surface area contributed by atoms with Crippen LogP contribution >= 0.6 is 0 Å². The second-order valence-electron chi connectivity index (χ2n) is 7.30. The van der Waals surface area contributed by atoms with Crippen LogP contribution in [0.1, 0.15) is 59.3 Å². The molecule has 0 spiro atoms. The highest BCUT2D eigenvalue weighted by molar-refractivity contribution is 5.98. The van der Waals surface area contributed by atoms with Crippen LogP contribution in [0.5, 0.6) is 5.75 Å². The second-order valence-corrected chi connectivity index (χ2v) is 7.30. The number of aliphatic carboxylic acids is 1. The van der Waals surface area contributed by atoms with Gasteiger partial charge in [0.1, 0.15) is 5.75 Å². The summed E-state index contributed by atoms with van der Waals surface area (Å²) < 4.78 is 5.09. The zero-order chi connectivity index (χ0) is 20.8. The number of aryl methyl sites for hydroxylation is 2. The summed E-state index contributed by atoms with van der Waals surface area (Å²) in [4.78, 5) is 35.2. The molecule has 1 amide bonds. The first-order valence-corrected chi connectivity index (χ1v) is 9.81. The molecule has 0 fully saturated rings. The molecule has 0 heterocycles. The Morgan fingerprint density at radius 1 is 1.03 bits per heavy atom. The van der Waals surface area contributed by atoms with Gasteiger partial charge in [-0.05, 0) is 61.1 Å². The van der Waals surface area contributed by atoms with Crippen molar-refractivity contribution < 1.29 is 24.2 Å². The quantitative estimate of drug-likeness (QED) is 0.634. The van der Waals surface area contributed by atoms with Crippen molar-refractivity contribution >= 4 is 17.7 Å². The van der Waals surface area contributed by atoms with Gasteiger partial charge in [-0.1, -0.05) is 24.3 Å². The number of carboxylic acid groups (broad SMARTS) is 1. The lowest BCUT2D eigenvalue weighted by Crippen LogP contribution is -2.27. The van der Waals surface area contributed by atoms with Crippen LogP contribution in [-0.2, 0) is 22.4 Å². The standard InChI is InChI=1S/C23H25NO5/c1-15(16-7-9-20(10-8-16)29-14-23(27)28)24-22(26)12-11-21(25)19-6-5-17-3-2-4-18(17)13-19/h5-10,13,15H,2-4,11-12,14H2,1H3,(H,24,26)(H,27,28). The Hall–Kier alpha value is -3.15. The van der Waals surface area contributed by atoms with Crippen LogP contribution in [0, 0.1) is 0 Å². The fraction of sp³-hybridized carbons (Fsp3) is 0.348. The van der Waals surface area contributed by atoms with E-state index in [1.165, 1.54) is 11.1 Å². The Kier molecular flexibility index (Phi) is 6.65. The van der Waals surface area contributed by atoms with Gasteiger partial charge in [-0.2, -0.15) is 0 Å². The molecule has 0 radical (unpaired) electrons. The number of fused-ring (bicyclic) bond motifs is 1. The largest absolute Gasteiger partial charge is 0.482 e. The fourth-order valence-electron chi connectivity index (χ4n) is 3.51. The van der Waals surface area contributed by atoms with Crippen molar-refractivity contribution in [3.63, 3.8) is 0 Å². The second kappa shape index (κ2) is 9.37. The van der Waals surface area contributed by atoms with Gasteiger partial charge in [-0.3, -0.25) is 9.59 Å². The number of rotatable bonds is 9. The molecule has 2 aromatic rings. The van der Waals surface area contributed by atoms with Crippen molar-refractivity contribution in [3.05, 3.63) is 64.7 Å². The first-order valence-electron chi connectivity index (χ1n) is 9.81. The summed E-state index contributed by atoms with van der Waals surface area (Å²) in [6.45, 7) is 1.46. The lowest BCUT2D eigenvalue weighted by atomic mass is 10.0. The average Bonchev–Trinajstić information content (AvgIpc) is 3.18. The number of carbonyl (C=O) groups is 3. The highest BCUT2D eigenvalue weighted by Crippen LogP contribution is 2.23. The van der Waals surface area contributed by atoms with Gasteiger partial charge in [-0.25, -0.2) is 4.79 Å². The smallest absolute Gasteiger partial charge is 0.341 e. The minimum absolute atomic E-state index is 0.0116. The summed E-state index contributed by atoms with van der Waals surface area (Å²) in [5.41, 5.74) is 4.13. The number of amides is 1. The minimum atomic E-state index is -1.04. The van der Waals surface area contributed by atoms with Crippen LogP contribution in [0.4, 0.5) is 0 Å². The Bertz CT molecular complexity index is 904. The molecule has 152 valence electrons. The number of nitrogens with one attached hydrogen (secondary N) is 1. The number of hydrogen-bond donors (Lipinski definition) is 2. The van der Waals surface area contributed by atoms with Gasteiger partial charge in [-0.15, -0.1) is 0 Å². The molecule has 0 saturated heterocycles. The normalized spacial score (nSPS) is 13.4. The summed E-state index contributed by atoms with van der Waals surface area (Å²) in [5, 5.41) is 11.5. The molecular weight excluding hydrogens is 370 g/mol. The van der Waals surface area contributed by atoms with Gasteiger partial charge < -0.3 is 15.2 Å². The summed E-state index contributed by atoms with van der Waals surface area (Å²) >= 11 is 0. The molecule has 6 heteroatoms. The molecule has 2 aromatic carbocycles. The van der Waals surface area contributed by atoms with Crippen LogP contribution in [0.3, 0.4) is 0 Å². The Morgan fingerprint density at radius 2 is 1.76 bits per heavy atom. The zero-order valence-corrected chi connectivity index (χ0v) is 16.4. The molecule has 3 rings (SSSR count). The Morgan fingerprint density at radius 3 is 2.48 bits per heavy atom. The third-order valence-corrected chi connectivity index (χ3v) is 5.12. The summed E-state index contributed by atoms with van der Waals surface area (Å²) in [6, 6.07) is 12.5. The molecule has 2 N–H and O–H groups in total. The number of benzene rings is 2. The van der Waals surface area contributed by atoms with E-state index in [1.54, 1.807) is 24.3 Å². The van der Waals surface area contributed by atoms with Crippen LogP contribution in [0.25, 0.3) is 0 Å². The van der Waals surface area contributed by atoms with Crippen molar-refractivity contribution in [3.8, 4) is 5.75 Å². The number of hydrogen-bond acceptors (Lipinski definition) is 4. The number of Topliss-reactive ketones (excluding diaryl/α,β-unsaturated/α-hetero) is 1. The molecule has 0 aromatic heterocycles. The van der Waals surface area contributed by atoms with Crippen molar-refractivity contribution in [1.82, 2.24) is 5.32 Å². The third kappa shape index (κ3) is 5.67. The lowest BCUT2D eigenvalue weighted by Gasteiger charge is -2.15. The maximum absolute atomic E-state index is 12.4. The highest BCUT2D eigenvalue weighted by Gasteiger charge is 2.16. The minimum Gasteiger partial charge on any atom is -0.482 e. The van der Waals surface area contributed by atoms with E-state index >= 15 is 0 Å². The predicted molar refractivity (Wildman–Crippen MR) is 108 cm³/mol. The van der Waals surface area contributed by atoms with E-state index in [-0.39, 0.29) is 30.6 Å². The van der Waals surface area contributed by atoms with E-state index < -0.39 is 12.6 Å². The SMILES string of the molecule is CC(NC(=O)CCC(=O)c1ccc2c(c1)CCC2)c1ccc(OCC(=O)O)cc1. The molecule has 6 nitrogen and oxygen atoms in total. The third-order valence-electron chi connectivity index (χ3n) is 5.12. The van der Waals surface area contributed by atoms with Crippen molar-refractivity contribution in [2.45, 2.75) is 45.1 Å². The molecule has 1 aliphatic rings.